The molecule has 0 aromatic carbocycles. The van der Waals surface area contributed by atoms with Crippen molar-refractivity contribution in [1.29, 1.82) is 0 Å². The summed E-state index contributed by atoms with van der Waals surface area (Å²) in [6.45, 7) is 8.74. The highest BCUT2D eigenvalue weighted by molar-refractivity contribution is 5.79. The molecule has 1 aliphatic rings. The second kappa shape index (κ2) is 6.59. The highest BCUT2D eigenvalue weighted by Gasteiger charge is 2.29. The molecule has 0 unspecified atom stereocenters. The molecule has 1 aliphatic heterocycles. The van der Waals surface area contributed by atoms with E-state index in [1.807, 2.05) is 38.7 Å². The van der Waals surface area contributed by atoms with Crippen molar-refractivity contribution < 1.29 is 14.1 Å². The summed E-state index contributed by atoms with van der Waals surface area (Å²) >= 11 is 0. The van der Waals surface area contributed by atoms with Crippen LogP contribution in [0.3, 0.4) is 0 Å². The van der Waals surface area contributed by atoms with E-state index < -0.39 is 0 Å². The summed E-state index contributed by atoms with van der Waals surface area (Å²) < 4.78 is 11.0. The van der Waals surface area contributed by atoms with Crippen LogP contribution in [-0.2, 0) is 11.2 Å². The molecule has 128 valence electrons. The van der Waals surface area contributed by atoms with Gasteiger partial charge in [-0.1, -0.05) is 5.16 Å². The number of aromatic nitrogens is 3. The van der Waals surface area contributed by atoms with Gasteiger partial charge in [-0.05, 0) is 33.8 Å². The van der Waals surface area contributed by atoms with E-state index in [1.165, 1.54) is 0 Å². The van der Waals surface area contributed by atoms with Crippen LogP contribution in [0.5, 0.6) is 6.01 Å². The van der Waals surface area contributed by atoms with Crippen molar-refractivity contribution >= 4 is 5.91 Å². The Morgan fingerprint density at radius 2 is 2.00 bits per heavy atom. The first-order chi connectivity index (χ1) is 11.4. The summed E-state index contributed by atoms with van der Waals surface area (Å²) in [4.78, 5) is 22.9. The molecule has 0 radical (unpaired) electrons. The van der Waals surface area contributed by atoms with Gasteiger partial charge in [0.15, 0.2) is 0 Å². The minimum atomic E-state index is -0.0696. The Balaban J connectivity index is 1.59. The van der Waals surface area contributed by atoms with Crippen LogP contribution in [0.4, 0.5) is 0 Å². The van der Waals surface area contributed by atoms with Crippen molar-refractivity contribution in [3.63, 3.8) is 0 Å². The Bertz CT molecular complexity index is 717. The summed E-state index contributed by atoms with van der Waals surface area (Å²) in [5, 5.41) is 3.90. The van der Waals surface area contributed by atoms with Gasteiger partial charge in [0.1, 0.15) is 11.9 Å². The minimum Gasteiger partial charge on any atom is -0.458 e. The molecule has 0 N–H and O–H groups in total. The monoisotopic (exact) mass is 330 g/mol. The number of nitrogens with zero attached hydrogens (tertiary/aromatic N) is 4. The molecule has 7 heteroatoms. The van der Waals surface area contributed by atoms with Gasteiger partial charge in [0, 0.05) is 29.9 Å². The average Bonchev–Trinajstić information content (AvgIpc) is 3.08. The molecule has 0 spiro atoms. The maximum atomic E-state index is 12.5. The van der Waals surface area contributed by atoms with Crippen molar-refractivity contribution in [2.75, 3.05) is 13.1 Å². The third-order valence-corrected chi connectivity index (χ3v) is 4.24. The molecule has 3 rings (SSSR count). The number of hydrogen-bond donors (Lipinski definition) is 0. The number of ether oxygens (including phenoxy) is 1. The molecule has 0 bridgehead atoms. The van der Waals surface area contributed by atoms with E-state index in [1.54, 1.807) is 0 Å². The second-order valence-corrected chi connectivity index (χ2v) is 6.28. The minimum absolute atomic E-state index is 0.0665. The first kappa shape index (κ1) is 16.4. The Labute approximate surface area is 141 Å². The Hall–Kier alpha value is -2.44. The molecule has 1 saturated heterocycles. The number of carbonyl (C=O) groups is 1. The molecule has 0 aliphatic carbocycles. The highest BCUT2D eigenvalue weighted by Crippen LogP contribution is 2.19. The van der Waals surface area contributed by atoms with E-state index in [-0.39, 0.29) is 12.0 Å². The molecular weight excluding hydrogens is 308 g/mol. The van der Waals surface area contributed by atoms with Crippen molar-refractivity contribution in [1.82, 2.24) is 20.0 Å². The van der Waals surface area contributed by atoms with Gasteiger partial charge in [-0.15, -0.1) is 0 Å². The topological polar surface area (TPSA) is 81.4 Å². The van der Waals surface area contributed by atoms with E-state index in [2.05, 4.69) is 15.1 Å². The van der Waals surface area contributed by atoms with E-state index in [4.69, 9.17) is 9.26 Å². The maximum absolute atomic E-state index is 12.5. The lowest BCUT2D eigenvalue weighted by Crippen LogP contribution is -2.32. The summed E-state index contributed by atoms with van der Waals surface area (Å²) in [5.41, 5.74) is 3.40. The standard InChI is InChI=1S/C17H22N4O3/c1-10-7-11(2)19-17(18-10)23-14-5-6-21(9-14)16(22)8-15-12(3)20-24-13(15)4/h7,14H,5-6,8-9H2,1-4H3/t14-/m0/s1. The van der Waals surface area contributed by atoms with Crippen LogP contribution in [0, 0.1) is 27.7 Å². The van der Waals surface area contributed by atoms with Gasteiger partial charge < -0.3 is 14.2 Å². The smallest absolute Gasteiger partial charge is 0.317 e. The fourth-order valence-corrected chi connectivity index (χ4v) is 2.96. The lowest BCUT2D eigenvalue weighted by Gasteiger charge is -2.17. The van der Waals surface area contributed by atoms with Gasteiger partial charge in [-0.3, -0.25) is 4.79 Å². The van der Waals surface area contributed by atoms with Crippen LogP contribution >= 0.6 is 0 Å². The number of likely N-dealkylation sites (tertiary alicyclic amines) is 1. The third kappa shape index (κ3) is 3.55. The lowest BCUT2D eigenvalue weighted by molar-refractivity contribution is -0.129. The normalized spacial score (nSPS) is 17.3. The fraction of sp³-hybridized carbons (Fsp3) is 0.529. The third-order valence-electron chi connectivity index (χ3n) is 4.24. The van der Waals surface area contributed by atoms with Crippen LogP contribution in [0.2, 0.25) is 0 Å². The lowest BCUT2D eigenvalue weighted by atomic mass is 10.1. The van der Waals surface area contributed by atoms with Gasteiger partial charge in [0.05, 0.1) is 18.7 Å². The first-order valence-electron chi connectivity index (χ1n) is 8.11. The predicted octanol–water partition coefficient (Wildman–Crippen LogP) is 1.92. The quantitative estimate of drug-likeness (QED) is 0.852. The summed E-state index contributed by atoms with van der Waals surface area (Å²) in [5.74, 6) is 0.772. The van der Waals surface area contributed by atoms with Crippen molar-refractivity contribution in [3.05, 3.63) is 34.5 Å². The average molecular weight is 330 g/mol. The molecule has 2 aromatic heterocycles. The zero-order chi connectivity index (χ0) is 17.3. The summed E-state index contributed by atoms with van der Waals surface area (Å²) in [6.07, 6.45) is 1.03. The number of amides is 1. The molecule has 0 saturated carbocycles. The molecule has 7 nitrogen and oxygen atoms in total. The molecule has 1 amide bonds. The van der Waals surface area contributed by atoms with Crippen molar-refractivity contribution in [2.45, 2.75) is 46.6 Å². The van der Waals surface area contributed by atoms with Gasteiger partial charge >= 0.3 is 6.01 Å². The molecule has 3 heterocycles. The maximum Gasteiger partial charge on any atom is 0.317 e. The number of carbonyl (C=O) groups excluding carboxylic acids is 1. The van der Waals surface area contributed by atoms with E-state index in [0.29, 0.717) is 31.3 Å². The molecule has 2 aromatic rings. The molecular formula is C17H22N4O3. The van der Waals surface area contributed by atoms with E-state index >= 15 is 0 Å². The highest BCUT2D eigenvalue weighted by atomic mass is 16.5. The first-order valence-corrected chi connectivity index (χ1v) is 8.11. The molecule has 1 atom stereocenters. The number of rotatable bonds is 4. The van der Waals surface area contributed by atoms with Crippen LogP contribution in [0.15, 0.2) is 10.6 Å². The van der Waals surface area contributed by atoms with Gasteiger partial charge in [-0.2, -0.15) is 0 Å². The zero-order valence-electron chi connectivity index (χ0n) is 14.5. The predicted molar refractivity (Wildman–Crippen MR) is 86.8 cm³/mol. The van der Waals surface area contributed by atoms with E-state index in [0.717, 1.165) is 29.1 Å². The van der Waals surface area contributed by atoms with Crippen LogP contribution < -0.4 is 4.74 Å². The number of hydrogen-bond acceptors (Lipinski definition) is 6. The summed E-state index contributed by atoms with van der Waals surface area (Å²) in [6, 6.07) is 2.29. The zero-order valence-corrected chi connectivity index (χ0v) is 14.5. The van der Waals surface area contributed by atoms with Crippen LogP contribution in [-0.4, -0.2) is 45.1 Å². The number of aryl methyl sites for hydroxylation is 4. The molecule has 24 heavy (non-hydrogen) atoms. The Morgan fingerprint density at radius 3 is 2.62 bits per heavy atom. The second-order valence-electron chi connectivity index (χ2n) is 6.28. The fourth-order valence-electron chi connectivity index (χ4n) is 2.96. The van der Waals surface area contributed by atoms with Crippen molar-refractivity contribution in [3.8, 4) is 6.01 Å². The van der Waals surface area contributed by atoms with E-state index in [9.17, 15) is 4.79 Å². The van der Waals surface area contributed by atoms with Crippen LogP contribution in [0.1, 0.15) is 34.8 Å². The van der Waals surface area contributed by atoms with Gasteiger partial charge in [0.25, 0.3) is 0 Å². The largest absolute Gasteiger partial charge is 0.458 e. The van der Waals surface area contributed by atoms with Crippen molar-refractivity contribution in [2.24, 2.45) is 0 Å². The summed E-state index contributed by atoms with van der Waals surface area (Å²) in [7, 11) is 0. The van der Waals surface area contributed by atoms with Crippen LogP contribution in [0.25, 0.3) is 0 Å². The van der Waals surface area contributed by atoms with Gasteiger partial charge in [-0.25, -0.2) is 9.97 Å². The SMILES string of the molecule is Cc1cc(C)nc(O[C@H]2CCN(C(=O)Cc3c(C)noc3C)C2)n1. The van der Waals surface area contributed by atoms with Gasteiger partial charge in [0.2, 0.25) is 5.91 Å². The Morgan fingerprint density at radius 1 is 1.29 bits per heavy atom. The molecule has 1 fully saturated rings. The Kier molecular flexibility index (Phi) is 4.51.